The molecular formula is C14H20ClN3O. The molecule has 0 N–H and O–H groups in total. The van der Waals surface area contributed by atoms with Crippen molar-refractivity contribution >= 4 is 17.5 Å². The maximum Gasteiger partial charge on any atom is 0.254 e. The molecule has 19 heavy (non-hydrogen) atoms. The fourth-order valence-electron chi connectivity index (χ4n) is 2.50. The number of hydrogen-bond acceptors (Lipinski definition) is 3. The van der Waals surface area contributed by atoms with Gasteiger partial charge in [-0.2, -0.15) is 0 Å². The van der Waals surface area contributed by atoms with Crippen molar-refractivity contribution in [2.45, 2.75) is 32.9 Å². The number of amides is 1. The maximum absolute atomic E-state index is 12.5. The fourth-order valence-corrected chi connectivity index (χ4v) is 2.76. The van der Waals surface area contributed by atoms with Gasteiger partial charge in [-0.15, -0.1) is 0 Å². The Hall–Kier alpha value is -1.13. The molecule has 1 amide bonds. The van der Waals surface area contributed by atoms with Crippen LogP contribution in [0, 0.1) is 6.92 Å². The molecule has 1 fully saturated rings. The zero-order valence-corrected chi connectivity index (χ0v) is 12.6. The molecule has 1 saturated heterocycles. The van der Waals surface area contributed by atoms with Crippen molar-refractivity contribution in [1.82, 2.24) is 14.8 Å². The molecule has 104 valence electrons. The summed E-state index contributed by atoms with van der Waals surface area (Å²) in [4.78, 5) is 20.8. The molecule has 4 nitrogen and oxygen atoms in total. The first-order valence-corrected chi connectivity index (χ1v) is 6.91. The summed E-state index contributed by atoms with van der Waals surface area (Å²) in [5.74, 6) is 0.0409. The lowest BCUT2D eigenvalue weighted by Crippen LogP contribution is -2.56. The first-order valence-electron chi connectivity index (χ1n) is 6.54. The molecule has 2 unspecified atom stereocenters. The highest BCUT2D eigenvalue weighted by Gasteiger charge is 2.29. The molecule has 1 aliphatic heterocycles. The third-order valence-electron chi connectivity index (χ3n) is 3.82. The van der Waals surface area contributed by atoms with Crippen molar-refractivity contribution in [1.29, 1.82) is 0 Å². The zero-order chi connectivity index (χ0) is 14.2. The number of rotatable bonds is 1. The second kappa shape index (κ2) is 5.47. The summed E-state index contributed by atoms with van der Waals surface area (Å²) in [5, 5.41) is 0.374. The monoisotopic (exact) mass is 281 g/mol. The highest BCUT2D eigenvalue weighted by Crippen LogP contribution is 2.18. The standard InChI is InChI=1S/C14H20ClN3O/c1-9-5-12(6-13(15)16-9)14(19)18-7-10(2)17(4)11(3)8-18/h5-6,10-11H,7-8H2,1-4H3. The molecule has 2 heterocycles. The predicted octanol–water partition coefficient (Wildman–Crippen LogP) is 2.21. The largest absolute Gasteiger partial charge is 0.336 e. The molecule has 0 bridgehead atoms. The molecule has 1 aromatic rings. The molecule has 2 rings (SSSR count). The number of nitrogens with zero attached hydrogens (tertiary/aromatic N) is 3. The van der Waals surface area contributed by atoms with Gasteiger partial charge in [-0.25, -0.2) is 4.98 Å². The molecule has 5 heteroatoms. The Morgan fingerprint density at radius 1 is 1.32 bits per heavy atom. The van der Waals surface area contributed by atoms with Crippen molar-refractivity contribution in [3.05, 3.63) is 28.5 Å². The Kier molecular flexibility index (Phi) is 4.11. The minimum absolute atomic E-state index is 0.0409. The number of halogens is 1. The summed E-state index contributed by atoms with van der Waals surface area (Å²) >= 11 is 5.92. The molecule has 0 spiro atoms. The number of likely N-dealkylation sites (N-methyl/N-ethyl adjacent to an activating group) is 1. The van der Waals surface area contributed by atoms with Crippen LogP contribution in [0.1, 0.15) is 29.9 Å². The van der Waals surface area contributed by atoms with E-state index in [4.69, 9.17) is 11.6 Å². The molecule has 1 aliphatic rings. The van der Waals surface area contributed by atoms with E-state index in [2.05, 4.69) is 30.8 Å². The minimum Gasteiger partial charge on any atom is -0.336 e. The van der Waals surface area contributed by atoms with Gasteiger partial charge in [0, 0.05) is 36.4 Å². The average molecular weight is 282 g/mol. The van der Waals surface area contributed by atoms with Crippen molar-refractivity contribution < 1.29 is 4.79 Å². The fraction of sp³-hybridized carbons (Fsp3) is 0.571. The van der Waals surface area contributed by atoms with Gasteiger partial charge in [0.1, 0.15) is 5.15 Å². The summed E-state index contributed by atoms with van der Waals surface area (Å²) in [6, 6.07) is 4.17. The van der Waals surface area contributed by atoms with E-state index in [1.807, 2.05) is 11.8 Å². The number of pyridine rings is 1. The SMILES string of the molecule is Cc1cc(C(=O)N2CC(C)N(C)C(C)C2)cc(Cl)n1. The van der Waals surface area contributed by atoms with E-state index in [0.29, 0.717) is 22.8 Å². The van der Waals surface area contributed by atoms with Gasteiger partial charge in [0.25, 0.3) is 5.91 Å². The minimum atomic E-state index is 0.0409. The summed E-state index contributed by atoms with van der Waals surface area (Å²) < 4.78 is 0. The van der Waals surface area contributed by atoms with E-state index >= 15 is 0 Å². The van der Waals surface area contributed by atoms with Crippen molar-refractivity contribution in [3.63, 3.8) is 0 Å². The quantitative estimate of drug-likeness (QED) is 0.741. The summed E-state index contributed by atoms with van der Waals surface area (Å²) in [7, 11) is 2.10. The van der Waals surface area contributed by atoms with Crippen LogP contribution in [0.15, 0.2) is 12.1 Å². The van der Waals surface area contributed by atoms with E-state index in [1.54, 1.807) is 12.1 Å². The smallest absolute Gasteiger partial charge is 0.254 e. The second-order valence-electron chi connectivity index (χ2n) is 5.39. The first kappa shape index (κ1) is 14.3. The highest BCUT2D eigenvalue weighted by molar-refractivity contribution is 6.29. The van der Waals surface area contributed by atoms with Gasteiger partial charge in [-0.1, -0.05) is 11.6 Å². The van der Waals surface area contributed by atoms with Gasteiger partial charge < -0.3 is 4.90 Å². The molecule has 0 aliphatic carbocycles. The van der Waals surface area contributed by atoms with Gasteiger partial charge in [-0.3, -0.25) is 9.69 Å². The Morgan fingerprint density at radius 3 is 2.42 bits per heavy atom. The molecular weight excluding hydrogens is 262 g/mol. The van der Waals surface area contributed by atoms with Crippen LogP contribution in [-0.4, -0.2) is 52.9 Å². The predicted molar refractivity (Wildman–Crippen MR) is 76.6 cm³/mol. The van der Waals surface area contributed by atoms with E-state index < -0.39 is 0 Å². The number of hydrogen-bond donors (Lipinski definition) is 0. The summed E-state index contributed by atoms with van der Waals surface area (Å²) in [6.07, 6.45) is 0. The van der Waals surface area contributed by atoms with Gasteiger partial charge >= 0.3 is 0 Å². The molecule has 1 aromatic heterocycles. The normalized spacial score (nSPS) is 24.6. The first-order chi connectivity index (χ1) is 8.88. The van der Waals surface area contributed by atoms with E-state index in [9.17, 15) is 4.79 Å². The lowest BCUT2D eigenvalue weighted by Gasteiger charge is -2.42. The maximum atomic E-state index is 12.5. The Bertz CT molecular complexity index is 459. The number of aromatic nitrogens is 1. The van der Waals surface area contributed by atoms with Crippen molar-refractivity contribution in [2.75, 3.05) is 20.1 Å². The lowest BCUT2D eigenvalue weighted by atomic mass is 10.1. The Balaban J connectivity index is 2.20. The van der Waals surface area contributed by atoms with Gasteiger partial charge in [0.2, 0.25) is 0 Å². The van der Waals surface area contributed by atoms with E-state index in [1.165, 1.54) is 0 Å². The molecule has 0 aromatic carbocycles. The number of piperazine rings is 1. The number of aryl methyl sites for hydroxylation is 1. The van der Waals surface area contributed by atoms with Gasteiger partial charge in [-0.05, 0) is 40.0 Å². The molecule has 0 radical (unpaired) electrons. The average Bonchev–Trinajstić information content (AvgIpc) is 2.33. The van der Waals surface area contributed by atoms with Crippen LogP contribution in [0.25, 0.3) is 0 Å². The third kappa shape index (κ3) is 3.07. The van der Waals surface area contributed by atoms with Crippen LogP contribution in [0.4, 0.5) is 0 Å². The van der Waals surface area contributed by atoms with Crippen molar-refractivity contribution in [2.24, 2.45) is 0 Å². The Labute approximate surface area is 119 Å². The number of carbonyl (C=O) groups is 1. The molecule has 2 atom stereocenters. The van der Waals surface area contributed by atoms with Crippen LogP contribution in [0.5, 0.6) is 0 Å². The van der Waals surface area contributed by atoms with Crippen LogP contribution >= 0.6 is 11.6 Å². The van der Waals surface area contributed by atoms with Gasteiger partial charge in [0.05, 0.1) is 0 Å². The van der Waals surface area contributed by atoms with E-state index in [-0.39, 0.29) is 5.91 Å². The zero-order valence-electron chi connectivity index (χ0n) is 11.9. The third-order valence-corrected chi connectivity index (χ3v) is 4.01. The van der Waals surface area contributed by atoms with Crippen molar-refractivity contribution in [3.8, 4) is 0 Å². The van der Waals surface area contributed by atoms with E-state index in [0.717, 1.165) is 18.8 Å². The van der Waals surface area contributed by atoms with Crippen LogP contribution in [0.2, 0.25) is 5.15 Å². The summed E-state index contributed by atoms with van der Waals surface area (Å²) in [5.41, 5.74) is 1.40. The topological polar surface area (TPSA) is 36.4 Å². The van der Waals surface area contributed by atoms with Crippen LogP contribution < -0.4 is 0 Å². The van der Waals surface area contributed by atoms with Crippen LogP contribution in [0.3, 0.4) is 0 Å². The van der Waals surface area contributed by atoms with Crippen LogP contribution in [-0.2, 0) is 0 Å². The highest BCUT2D eigenvalue weighted by atomic mass is 35.5. The second-order valence-corrected chi connectivity index (χ2v) is 5.78. The number of carbonyl (C=O) groups excluding carboxylic acids is 1. The molecule has 0 saturated carbocycles. The van der Waals surface area contributed by atoms with Gasteiger partial charge in [0.15, 0.2) is 0 Å². The Morgan fingerprint density at radius 2 is 1.89 bits per heavy atom. The summed E-state index contributed by atoms with van der Waals surface area (Å²) in [6.45, 7) is 7.62. The lowest BCUT2D eigenvalue weighted by molar-refractivity contribution is 0.0414.